The highest BCUT2D eigenvalue weighted by molar-refractivity contribution is 5.74. The number of rotatable bonds is 3. The smallest absolute Gasteiger partial charge is 0.389 e. The van der Waals surface area contributed by atoms with Gasteiger partial charge in [0, 0.05) is 12.1 Å². The quantitative estimate of drug-likeness (QED) is 0.877. The van der Waals surface area contributed by atoms with Crippen molar-refractivity contribution in [1.29, 1.82) is 0 Å². The van der Waals surface area contributed by atoms with Crippen molar-refractivity contribution < 1.29 is 17.7 Å². The van der Waals surface area contributed by atoms with Gasteiger partial charge in [-0.15, -0.1) is 0 Å². The van der Waals surface area contributed by atoms with E-state index in [4.69, 9.17) is 10.3 Å². The summed E-state index contributed by atoms with van der Waals surface area (Å²) in [6.07, 6.45) is -5.52. The van der Waals surface area contributed by atoms with Crippen molar-refractivity contribution in [3.63, 3.8) is 0 Å². The highest BCUT2D eigenvalue weighted by Gasteiger charge is 2.27. The number of hydrogen-bond acceptors (Lipinski definition) is 4. The number of benzene rings is 1. The number of nitrogens with two attached hydrogens (primary N) is 1. The lowest BCUT2D eigenvalue weighted by atomic mass is 10.0. The van der Waals surface area contributed by atoms with E-state index >= 15 is 0 Å². The van der Waals surface area contributed by atoms with Crippen LogP contribution in [0.2, 0.25) is 0 Å². The summed E-state index contributed by atoms with van der Waals surface area (Å²) in [6.45, 7) is 3.73. The first-order chi connectivity index (χ1) is 9.26. The van der Waals surface area contributed by atoms with Gasteiger partial charge in [0.25, 0.3) is 5.89 Å². The molecule has 0 spiro atoms. The molecule has 4 nitrogen and oxygen atoms in total. The molecular weight excluding hydrogens is 271 g/mol. The lowest BCUT2D eigenvalue weighted by molar-refractivity contribution is -0.134. The number of nitrogens with zero attached hydrogens (tertiary/aromatic N) is 2. The highest BCUT2D eigenvalue weighted by atomic mass is 19.4. The molecule has 1 aromatic carbocycles. The van der Waals surface area contributed by atoms with Crippen LogP contribution >= 0.6 is 0 Å². The van der Waals surface area contributed by atoms with E-state index in [0.717, 1.165) is 11.1 Å². The van der Waals surface area contributed by atoms with E-state index in [9.17, 15) is 13.2 Å². The average Bonchev–Trinajstić information content (AvgIpc) is 2.79. The Kier molecular flexibility index (Phi) is 3.69. The van der Waals surface area contributed by atoms with E-state index in [1.807, 2.05) is 19.9 Å². The number of aryl methyl sites for hydroxylation is 3. The Morgan fingerprint density at radius 3 is 2.60 bits per heavy atom. The van der Waals surface area contributed by atoms with Crippen molar-refractivity contribution in [2.45, 2.75) is 32.9 Å². The van der Waals surface area contributed by atoms with Crippen LogP contribution in [0.5, 0.6) is 0 Å². The monoisotopic (exact) mass is 285 g/mol. The maximum Gasteiger partial charge on any atom is 0.389 e. The minimum absolute atomic E-state index is 0.0240. The van der Waals surface area contributed by atoms with Gasteiger partial charge >= 0.3 is 6.18 Å². The van der Waals surface area contributed by atoms with Gasteiger partial charge < -0.3 is 10.3 Å². The molecule has 2 rings (SSSR count). The van der Waals surface area contributed by atoms with Crippen molar-refractivity contribution in [2.24, 2.45) is 0 Å². The number of nitrogen functional groups attached to an aromatic ring is 1. The predicted octanol–water partition coefficient (Wildman–Crippen LogP) is 3.43. The number of halogens is 3. The van der Waals surface area contributed by atoms with Crippen LogP contribution in [0.25, 0.3) is 11.5 Å². The molecular formula is C13H14F3N3O. The molecule has 0 saturated carbocycles. The Morgan fingerprint density at radius 1 is 1.25 bits per heavy atom. The van der Waals surface area contributed by atoms with Crippen molar-refractivity contribution in [3.8, 4) is 11.5 Å². The first-order valence-electron chi connectivity index (χ1n) is 6.02. The SMILES string of the molecule is Cc1cc(C)c(N)c(-c2nc(CCC(F)(F)F)no2)c1. The summed E-state index contributed by atoms with van der Waals surface area (Å²) in [6, 6.07) is 3.67. The zero-order valence-corrected chi connectivity index (χ0v) is 11.1. The topological polar surface area (TPSA) is 64.9 Å². The third-order valence-corrected chi connectivity index (χ3v) is 2.86. The number of anilines is 1. The fraction of sp³-hybridized carbons (Fsp3) is 0.385. The molecule has 2 N–H and O–H groups in total. The molecule has 0 amide bonds. The molecule has 0 aliphatic heterocycles. The molecule has 0 saturated heterocycles. The lowest BCUT2D eigenvalue weighted by Gasteiger charge is -2.06. The van der Waals surface area contributed by atoms with Gasteiger partial charge in [0.1, 0.15) is 0 Å². The first-order valence-corrected chi connectivity index (χ1v) is 6.02. The molecule has 0 atom stereocenters. The van der Waals surface area contributed by atoms with Gasteiger partial charge in [-0.2, -0.15) is 18.2 Å². The Morgan fingerprint density at radius 2 is 1.95 bits per heavy atom. The van der Waals surface area contributed by atoms with Gasteiger partial charge in [0.2, 0.25) is 0 Å². The second kappa shape index (κ2) is 5.15. The average molecular weight is 285 g/mol. The van der Waals surface area contributed by atoms with Crippen LogP contribution in [-0.4, -0.2) is 16.3 Å². The van der Waals surface area contributed by atoms with Gasteiger partial charge in [-0.1, -0.05) is 11.2 Å². The number of hydrogen-bond donors (Lipinski definition) is 1. The van der Waals surface area contributed by atoms with Crippen LogP contribution in [0, 0.1) is 13.8 Å². The van der Waals surface area contributed by atoms with E-state index < -0.39 is 12.6 Å². The van der Waals surface area contributed by atoms with Crippen LogP contribution in [0.4, 0.5) is 18.9 Å². The van der Waals surface area contributed by atoms with Gasteiger partial charge in [0.05, 0.1) is 12.0 Å². The minimum atomic E-state index is -4.24. The van der Waals surface area contributed by atoms with E-state index in [1.54, 1.807) is 6.07 Å². The Hall–Kier alpha value is -2.05. The molecule has 0 unspecified atom stereocenters. The van der Waals surface area contributed by atoms with Gasteiger partial charge in [0.15, 0.2) is 5.82 Å². The summed E-state index contributed by atoms with van der Waals surface area (Å²) in [5.74, 6) is 0.169. The number of aromatic nitrogens is 2. The second-order valence-electron chi connectivity index (χ2n) is 4.67. The van der Waals surface area contributed by atoms with E-state index in [1.165, 1.54) is 0 Å². The summed E-state index contributed by atoms with van der Waals surface area (Å²) in [4.78, 5) is 3.97. The molecule has 7 heteroatoms. The first kappa shape index (κ1) is 14.4. The third kappa shape index (κ3) is 3.28. The van der Waals surface area contributed by atoms with Crippen LogP contribution in [0.3, 0.4) is 0 Å². The molecule has 0 aliphatic carbocycles. The van der Waals surface area contributed by atoms with Crippen LogP contribution in [0.1, 0.15) is 23.4 Å². The predicted molar refractivity (Wildman–Crippen MR) is 68.0 cm³/mol. The minimum Gasteiger partial charge on any atom is -0.398 e. The van der Waals surface area contributed by atoms with Crippen LogP contribution < -0.4 is 5.73 Å². The Bertz CT molecular complexity index is 620. The van der Waals surface area contributed by atoms with Gasteiger partial charge in [-0.05, 0) is 31.0 Å². The normalized spacial score (nSPS) is 11.8. The maximum absolute atomic E-state index is 12.1. The van der Waals surface area contributed by atoms with Crippen molar-refractivity contribution in [3.05, 3.63) is 29.1 Å². The molecule has 20 heavy (non-hydrogen) atoms. The van der Waals surface area contributed by atoms with Crippen molar-refractivity contribution in [1.82, 2.24) is 10.1 Å². The lowest BCUT2D eigenvalue weighted by Crippen LogP contribution is -2.09. The Labute approximate surface area is 113 Å². The van der Waals surface area contributed by atoms with E-state index in [-0.39, 0.29) is 18.1 Å². The maximum atomic E-state index is 12.1. The molecule has 1 heterocycles. The fourth-order valence-corrected chi connectivity index (χ4v) is 1.87. The summed E-state index contributed by atoms with van der Waals surface area (Å²) in [7, 11) is 0. The third-order valence-electron chi connectivity index (χ3n) is 2.86. The zero-order valence-electron chi connectivity index (χ0n) is 11.1. The molecule has 108 valence electrons. The summed E-state index contributed by atoms with van der Waals surface area (Å²) in [5.41, 5.74) is 8.78. The van der Waals surface area contributed by atoms with Crippen molar-refractivity contribution >= 4 is 5.69 Å². The molecule has 0 bridgehead atoms. The molecule has 0 aliphatic rings. The second-order valence-corrected chi connectivity index (χ2v) is 4.67. The Balaban J connectivity index is 2.25. The molecule has 1 aromatic heterocycles. The molecule has 0 radical (unpaired) electrons. The fourth-order valence-electron chi connectivity index (χ4n) is 1.87. The van der Waals surface area contributed by atoms with Gasteiger partial charge in [-0.25, -0.2) is 0 Å². The standard InChI is InChI=1S/C13H14F3N3O/c1-7-5-8(2)11(17)9(6-7)12-18-10(19-20-12)3-4-13(14,15)16/h5-6H,3-4,17H2,1-2H3. The van der Waals surface area contributed by atoms with Crippen molar-refractivity contribution in [2.75, 3.05) is 5.73 Å². The highest BCUT2D eigenvalue weighted by Crippen LogP contribution is 2.29. The largest absolute Gasteiger partial charge is 0.398 e. The summed E-state index contributed by atoms with van der Waals surface area (Å²) >= 11 is 0. The van der Waals surface area contributed by atoms with E-state index in [2.05, 4.69) is 10.1 Å². The number of alkyl halides is 3. The zero-order chi connectivity index (χ0) is 14.9. The van der Waals surface area contributed by atoms with Gasteiger partial charge in [-0.3, -0.25) is 0 Å². The molecule has 0 fully saturated rings. The summed E-state index contributed by atoms with van der Waals surface area (Å²) in [5, 5.41) is 3.55. The summed E-state index contributed by atoms with van der Waals surface area (Å²) < 4.78 is 41.4. The molecule has 2 aromatic rings. The van der Waals surface area contributed by atoms with Crippen LogP contribution in [0.15, 0.2) is 16.7 Å². The van der Waals surface area contributed by atoms with E-state index in [0.29, 0.717) is 11.3 Å². The van der Waals surface area contributed by atoms with Crippen LogP contribution in [-0.2, 0) is 6.42 Å².